The summed E-state index contributed by atoms with van der Waals surface area (Å²) in [6.45, 7) is 2.15. The Labute approximate surface area is 84.9 Å². The van der Waals surface area contributed by atoms with Gasteiger partial charge in [-0.3, -0.25) is 0 Å². The summed E-state index contributed by atoms with van der Waals surface area (Å²) < 4.78 is 28.9. The van der Waals surface area contributed by atoms with Gasteiger partial charge in [0.25, 0.3) is 0 Å². The Balaban J connectivity index is 2.24. The van der Waals surface area contributed by atoms with Crippen LogP contribution in [-0.2, 0) is 14.6 Å². The second-order valence-corrected chi connectivity index (χ2v) is 6.53. The fraction of sp³-hybridized carbons (Fsp3) is 1.00. The van der Waals surface area contributed by atoms with Crippen molar-refractivity contribution >= 4 is 9.84 Å². The number of sulfone groups is 1. The second-order valence-electron chi connectivity index (χ2n) is 4.30. The van der Waals surface area contributed by atoms with Crippen LogP contribution in [0.5, 0.6) is 0 Å². The Bertz CT molecular complexity index is 306. The Kier molecular flexibility index (Phi) is 2.57. The Morgan fingerprint density at radius 3 is 2.86 bits per heavy atom. The van der Waals surface area contributed by atoms with Crippen LogP contribution < -0.4 is 5.32 Å². The minimum Gasteiger partial charge on any atom is -0.371 e. The highest BCUT2D eigenvalue weighted by atomic mass is 32.2. The molecule has 0 amide bonds. The van der Waals surface area contributed by atoms with Crippen molar-refractivity contribution in [2.24, 2.45) is 0 Å². The molecule has 1 saturated heterocycles. The topological polar surface area (TPSA) is 55.4 Å². The van der Waals surface area contributed by atoms with Crippen molar-refractivity contribution in [3.63, 3.8) is 0 Å². The smallest absolute Gasteiger partial charge is 0.153 e. The molecular formula is C9H17NO3S. The third-order valence-electron chi connectivity index (χ3n) is 3.26. The number of ether oxygens (including phenoxy) is 1. The summed E-state index contributed by atoms with van der Waals surface area (Å²) in [7, 11) is -2.98. The van der Waals surface area contributed by atoms with Crippen LogP contribution >= 0.6 is 0 Å². The molecule has 1 spiro atoms. The van der Waals surface area contributed by atoms with E-state index in [1.54, 1.807) is 0 Å². The summed E-state index contributed by atoms with van der Waals surface area (Å²) in [6.07, 6.45) is 3.90. The molecule has 1 aliphatic carbocycles. The lowest BCUT2D eigenvalue weighted by Gasteiger charge is -2.38. The summed E-state index contributed by atoms with van der Waals surface area (Å²) in [6, 6.07) is 0. The molecule has 4 nitrogen and oxygen atoms in total. The molecule has 82 valence electrons. The van der Waals surface area contributed by atoms with E-state index in [0.717, 1.165) is 25.8 Å². The van der Waals surface area contributed by atoms with Crippen LogP contribution in [0.4, 0.5) is 0 Å². The first-order valence-electron chi connectivity index (χ1n) is 5.08. The zero-order chi connectivity index (χ0) is 10.2. The van der Waals surface area contributed by atoms with E-state index in [0.29, 0.717) is 13.2 Å². The van der Waals surface area contributed by atoms with Gasteiger partial charge in [0.15, 0.2) is 9.84 Å². The molecular weight excluding hydrogens is 202 g/mol. The molecule has 0 aromatic heterocycles. The molecule has 2 atom stereocenters. The first kappa shape index (κ1) is 10.4. The maximum Gasteiger partial charge on any atom is 0.153 e. The predicted molar refractivity (Wildman–Crippen MR) is 54.0 cm³/mol. The molecule has 14 heavy (non-hydrogen) atoms. The van der Waals surface area contributed by atoms with Gasteiger partial charge in [-0.2, -0.15) is 0 Å². The number of rotatable bonds is 1. The minimum absolute atomic E-state index is 0.303. The standard InChI is InChI=1S/C9H17NO3S/c1-14(11,12)8-3-2-4-9(8)7-10-5-6-13-9/h8,10H,2-7H2,1H3. The van der Waals surface area contributed by atoms with Gasteiger partial charge < -0.3 is 10.1 Å². The summed E-state index contributed by atoms with van der Waals surface area (Å²) in [5.41, 5.74) is -0.425. The van der Waals surface area contributed by atoms with E-state index in [4.69, 9.17) is 4.74 Å². The number of hydrogen-bond donors (Lipinski definition) is 1. The van der Waals surface area contributed by atoms with Gasteiger partial charge in [0.1, 0.15) is 0 Å². The minimum atomic E-state index is -2.98. The van der Waals surface area contributed by atoms with Gasteiger partial charge in [-0.15, -0.1) is 0 Å². The van der Waals surface area contributed by atoms with Crippen LogP contribution in [0.25, 0.3) is 0 Å². The lowest BCUT2D eigenvalue weighted by Crippen LogP contribution is -2.56. The highest BCUT2D eigenvalue weighted by molar-refractivity contribution is 7.91. The highest BCUT2D eigenvalue weighted by Gasteiger charge is 2.49. The van der Waals surface area contributed by atoms with Crippen LogP contribution in [-0.4, -0.2) is 45.2 Å². The summed E-state index contributed by atoms with van der Waals surface area (Å²) in [5, 5.41) is 2.93. The zero-order valence-corrected chi connectivity index (χ0v) is 9.27. The second kappa shape index (κ2) is 3.47. The van der Waals surface area contributed by atoms with E-state index in [1.165, 1.54) is 6.26 Å². The maximum atomic E-state index is 11.6. The number of morpholine rings is 1. The van der Waals surface area contributed by atoms with Crippen molar-refractivity contribution in [1.82, 2.24) is 5.32 Å². The zero-order valence-electron chi connectivity index (χ0n) is 8.45. The molecule has 1 aliphatic heterocycles. The predicted octanol–water partition coefficient (Wildman–Crippen LogP) is -0.0579. The highest BCUT2D eigenvalue weighted by Crippen LogP contribution is 2.38. The van der Waals surface area contributed by atoms with Gasteiger partial charge in [-0.25, -0.2) is 8.42 Å². The van der Waals surface area contributed by atoms with Crippen LogP contribution in [0.15, 0.2) is 0 Å². The average molecular weight is 219 g/mol. The third kappa shape index (κ3) is 1.68. The van der Waals surface area contributed by atoms with Crippen molar-refractivity contribution in [2.45, 2.75) is 30.1 Å². The molecule has 1 N–H and O–H groups in total. The SMILES string of the molecule is CS(=O)(=O)C1CCCC12CNCCO2. The Hall–Kier alpha value is -0.130. The quantitative estimate of drug-likeness (QED) is 0.671. The summed E-state index contributed by atoms with van der Waals surface area (Å²) in [5.74, 6) is 0. The van der Waals surface area contributed by atoms with Crippen molar-refractivity contribution in [3.05, 3.63) is 0 Å². The van der Waals surface area contributed by atoms with E-state index in [1.807, 2.05) is 0 Å². The monoisotopic (exact) mass is 219 g/mol. The van der Waals surface area contributed by atoms with E-state index in [-0.39, 0.29) is 5.25 Å². The van der Waals surface area contributed by atoms with Crippen LogP contribution in [0.3, 0.4) is 0 Å². The van der Waals surface area contributed by atoms with Crippen LogP contribution in [0.1, 0.15) is 19.3 Å². The molecule has 0 radical (unpaired) electrons. The summed E-state index contributed by atoms with van der Waals surface area (Å²) in [4.78, 5) is 0. The molecule has 2 aliphatic rings. The lowest BCUT2D eigenvalue weighted by molar-refractivity contribution is -0.0578. The number of hydrogen-bond acceptors (Lipinski definition) is 4. The largest absolute Gasteiger partial charge is 0.371 e. The Morgan fingerprint density at radius 2 is 2.29 bits per heavy atom. The van der Waals surface area contributed by atoms with Gasteiger partial charge >= 0.3 is 0 Å². The fourth-order valence-electron chi connectivity index (χ4n) is 2.66. The van der Waals surface area contributed by atoms with Gasteiger partial charge in [0.2, 0.25) is 0 Å². The molecule has 0 aromatic carbocycles. The lowest BCUT2D eigenvalue weighted by atomic mass is 10.0. The maximum absolute atomic E-state index is 11.6. The molecule has 1 heterocycles. The first-order chi connectivity index (χ1) is 6.55. The fourth-order valence-corrected chi connectivity index (χ4v) is 4.30. The number of nitrogens with one attached hydrogen (secondary N) is 1. The molecule has 5 heteroatoms. The van der Waals surface area contributed by atoms with Gasteiger partial charge in [-0.05, 0) is 19.3 Å². The van der Waals surface area contributed by atoms with Gasteiger partial charge in [0.05, 0.1) is 17.5 Å². The molecule has 0 bridgehead atoms. The van der Waals surface area contributed by atoms with Gasteiger partial charge in [-0.1, -0.05) is 0 Å². The van der Waals surface area contributed by atoms with Crippen LogP contribution in [0.2, 0.25) is 0 Å². The van der Waals surface area contributed by atoms with Crippen molar-refractivity contribution in [2.75, 3.05) is 26.0 Å². The Morgan fingerprint density at radius 1 is 1.50 bits per heavy atom. The van der Waals surface area contributed by atoms with Crippen molar-refractivity contribution < 1.29 is 13.2 Å². The summed E-state index contributed by atoms with van der Waals surface area (Å²) >= 11 is 0. The molecule has 2 fully saturated rings. The van der Waals surface area contributed by atoms with Gasteiger partial charge in [0, 0.05) is 19.3 Å². The van der Waals surface area contributed by atoms with Crippen molar-refractivity contribution in [3.8, 4) is 0 Å². The van der Waals surface area contributed by atoms with Crippen molar-refractivity contribution in [1.29, 1.82) is 0 Å². The van der Waals surface area contributed by atoms with E-state index >= 15 is 0 Å². The van der Waals surface area contributed by atoms with Crippen LogP contribution in [0, 0.1) is 0 Å². The molecule has 2 unspecified atom stereocenters. The average Bonchev–Trinajstić information content (AvgIpc) is 2.49. The normalized spacial score (nSPS) is 39.1. The molecule has 0 aromatic rings. The van der Waals surface area contributed by atoms with E-state index in [9.17, 15) is 8.42 Å². The van der Waals surface area contributed by atoms with E-state index < -0.39 is 15.4 Å². The first-order valence-corrected chi connectivity index (χ1v) is 7.04. The molecule has 2 rings (SSSR count). The third-order valence-corrected chi connectivity index (χ3v) is 4.96. The van der Waals surface area contributed by atoms with E-state index in [2.05, 4.69) is 5.32 Å². The molecule has 1 saturated carbocycles.